The molecule has 0 aliphatic carbocycles. The SMILES string of the molecule is CCCCCCCCCCCC(=O)O[C@H](COC(=O)CCCCCCCC)[C@H](O)OP(=O)(O)OC[C@@H](O)CO. The van der Waals surface area contributed by atoms with Crippen molar-refractivity contribution in [1.82, 2.24) is 0 Å². The molecule has 0 aromatic heterocycles. The van der Waals surface area contributed by atoms with Gasteiger partial charge in [-0.15, -0.1) is 0 Å². The smallest absolute Gasteiger partial charge is 0.462 e. The number of carbonyl (C=O) groups excluding carboxylic acids is 2. The van der Waals surface area contributed by atoms with Crippen molar-refractivity contribution in [1.29, 1.82) is 0 Å². The van der Waals surface area contributed by atoms with Crippen LogP contribution < -0.4 is 0 Å². The molecule has 232 valence electrons. The third-order valence-electron chi connectivity index (χ3n) is 6.11. The maximum absolute atomic E-state index is 12.4. The fourth-order valence-electron chi connectivity index (χ4n) is 3.75. The van der Waals surface area contributed by atoms with E-state index in [9.17, 15) is 29.3 Å². The summed E-state index contributed by atoms with van der Waals surface area (Å²) >= 11 is 0. The van der Waals surface area contributed by atoms with Crippen LogP contribution in [0.3, 0.4) is 0 Å². The first-order chi connectivity index (χ1) is 18.6. The molecule has 0 amide bonds. The molecule has 0 aliphatic heterocycles. The summed E-state index contributed by atoms with van der Waals surface area (Å²) in [6, 6.07) is 0. The maximum atomic E-state index is 12.4. The summed E-state index contributed by atoms with van der Waals surface area (Å²) in [6.07, 6.45) is 10.6. The van der Waals surface area contributed by atoms with E-state index in [0.717, 1.165) is 51.4 Å². The van der Waals surface area contributed by atoms with Gasteiger partial charge < -0.3 is 29.7 Å². The molecule has 0 heterocycles. The van der Waals surface area contributed by atoms with E-state index in [2.05, 4.69) is 22.9 Å². The van der Waals surface area contributed by atoms with Gasteiger partial charge in [-0.3, -0.25) is 18.6 Å². The lowest BCUT2D eigenvalue weighted by Gasteiger charge is -2.24. The second kappa shape index (κ2) is 24.7. The molecule has 4 N–H and O–H groups in total. The zero-order valence-electron chi connectivity index (χ0n) is 24.0. The summed E-state index contributed by atoms with van der Waals surface area (Å²) in [5.41, 5.74) is 0. The first kappa shape index (κ1) is 37.9. The molecule has 0 radical (unpaired) electrons. The lowest BCUT2D eigenvalue weighted by molar-refractivity contribution is -0.185. The highest BCUT2D eigenvalue weighted by Crippen LogP contribution is 2.45. The third-order valence-corrected chi connectivity index (χ3v) is 7.07. The number of esters is 2. The highest BCUT2D eigenvalue weighted by molar-refractivity contribution is 7.47. The van der Waals surface area contributed by atoms with Crippen LogP contribution in [0.15, 0.2) is 0 Å². The number of aliphatic hydroxyl groups excluding tert-OH is 3. The Morgan fingerprint density at radius 2 is 1.18 bits per heavy atom. The maximum Gasteiger partial charge on any atom is 0.474 e. The fraction of sp³-hybridized carbons (Fsp3) is 0.926. The average Bonchev–Trinajstić information content (AvgIpc) is 2.90. The lowest BCUT2D eigenvalue weighted by Crippen LogP contribution is -2.37. The number of hydrogen-bond acceptors (Lipinski definition) is 10. The average molecular weight is 585 g/mol. The predicted molar refractivity (Wildman–Crippen MR) is 147 cm³/mol. The topological polar surface area (TPSA) is 169 Å². The van der Waals surface area contributed by atoms with Crippen LogP contribution in [0.4, 0.5) is 0 Å². The van der Waals surface area contributed by atoms with E-state index in [1.807, 2.05) is 0 Å². The first-order valence-corrected chi connectivity index (χ1v) is 16.1. The number of ether oxygens (including phenoxy) is 2. The van der Waals surface area contributed by atoms with E-state index in [1.165, 1.54) is 32.1 Å². The Kier molecular flexibility index (Phi) is 24.0. The van der Waals surface area contributed by atoms with Crippen LogP contribution in [0.5, 0.6) is 0 Å². The van der Waals surface area contributed by atoms with Gasteiger partial charge in [0.2, 0.25) is 6.29 Å². The Morgan fingerprint density at radius 1 is 0.718 bits per heavy atom. The molecule has 4 atom stereocenters. The molecular weight excluding hydrogens is 531 g/mol. The molecule has 11 nitrogen and oxygen atoms in total. The first-order valence-electron chi connectivity index (χ1n) is 14.6. The molecule has 0 aromatic rings. The highest BCUT2D eigenvalue weighted by Gasteiger charge is 2.34. The Bertz CT molecular complexity index is 662. The van der Waals surface area contributed by atoms with Crippen LogP contribution in [0.25, 0.3) is 0 Å². The number of hydrogen-bond donors (Lipinski definition) is 4. The van der Waals surface area contributed by atoms with E-state index in [-0.39, 0.29) is 12.8 Å². The van der Waals surface area contributed by atoms with Crippen molar-refractivity contribution < 1.29 is 52.9 Å². The van der Waals surface area contributed by atoms with Gasteiger partial charge in [0.15, 0.2) is 6.10 Å². The number of phosphoric acid groups is 1. The summed E-state index contributed by atoms with van der Waals surface area (Å²) in [6.45, 7) is 2.29. The molecule has 39 heavy (non-hydrogen) atoms. The number of unbranched alkanes of at least 4 members (excludes halogenated alkanes) is 13. The normalized spacial score (nSPS) is 15.3. The second-order valence-electron chi connectivity index (χ2n) is 9.90. The van der Waals surface area contributed by atoms with Crippen molar-refractivity contribution in [2.45, 2.75) is 141 Å². The predicted octanol–water partition coefficient (Wildman–Crippen LogP) is 4.92. The Balaban J connectivity index is 4.70. The van der Waals surface area contributed by atoms with E-state index >= 15 is 0 Å². The highest BCUT2D eigenvalue weighted by atomic mass is 31.2. The Morgan fingerprint density at radius 3 is 1.67 bits per heavy atom. The molecule has 0 saturated carbocycles. The van der Waals surface area contributed by atoms with Gasteiger partial charge in [-0.05, 0) is 12.8 Å². The number of aliphatic hydroxyl groups is 3. The minimum absolute atomic E-state index is 0.0702. The zero-order valence-corrected chi connectivity index (χ0v) is 24.9. The van der Waals surface area contributed by atoms with E-state index in [0.29, 0.717) is 12.8 Å². The van der Waals surface area contributed by atoms with Crippen LogP contribution >= 0.6 is 7.82 Å². The van der Waals surface area contributed by atoms with Gasteiger partial charge >= 0.3 is 19.8 Å². The molecular formula is C27H53O11P. The molecule has 0 rings (SSSR count). The minimum atomic E-state index is -4.89. The third kappa shape index (κ3) is 23.3. The Hall–Kier alpha value is -1.07. The van der Waals surface area contributed by atoms with Crippen molar-refractivity contribution in [3.05, 3.63) is 0 Å². The molecule has 0 aliphatic rings. The van der Waals surface area contributed by atoms with Crippen LogP contribution in [-0.4, -0.2) is 70.5 Å². The van der Waals surface area contributed by atoms with Crippen LogP contribution in [0.1, 0.15) is 123 Å². The van der Waals surface area contributed by atoms with Crippen LogP contribution in [0, 0.1) is 0 Å². The van der Waals surface area contributed by atoms with Gasteiger partial charge in [-0.25, -0.2) is 4.57 Å². The van der Waals surface area contributed by atoms with Gasteiger partial charge in [0.05, 0.1) is 13.2 Å². The molecule has 0 fully saturated rings. The zero-order chi connectivity index (χ0) is 29.4. The number of carbonyl (C=O) groups is 2. The van der Waals surface area contributed by atoms with Gasteiger partial charge in [0.25, 0.3) is 0 Å². The lowest BCUT2D eigenvalue weighted by atomic mass is 10.1. The minimum Gasteiger partial charge on any atom is -0.462 e. The molecule has 0 spiro atoms. The molecule has 12 heteroatoms. The quantitative estimate of drug-likeness (QED) is 0.0447. The Labute approximate surface area is 234 Å². The standard InChI is InChI=1S/C27H53O11P/c1-3-5-7-9-11-12-13-15-17-19-26(31)37-24(22-35-25(30)18-16-14-10-8-6-4-2)27(32)38-39(33,34)36-21-23(29)20-28/h23-24,27-29,32H,3-22H2,1-2H3,(H,33,34)/t23-,24+,27+/m0/s1. The van der Waals surface area contributed by atoms with E-state index in [1.54, 1.807) is 0 Å². The monoisotopic (exact) mass is 584 g/mol. The number of phosphoric ester groups is 1. The van der Waals surface area contributed by atoms with Gasteiger partial charge in [-0.1, -0.05) is 97.3 Å². The van der Waals surface area contributed by atoms with E-state index < -0.39 is 58.1 Å². The van der Waals surface area contributed by atoms with Gasteiger partial charge in [-0.2, -0.15) is 0 Å². The summed E-state index contributed by atoms with van der Waals surface area (Å²) in [5.74, 6) is -1.21. The summed E-state index contributed by atoms with van der Waals surface area (Å²) < 4.78 is 31.6. The molecule has 0 saturated heterocycles. The van der Waals surface area contributed by atoms with Crippen molar-refractivity contribution in [2.75, 3.05) is 19.8 Å². The number of rotatable bonds is 27. The van der Waals surface area contributed by atoms with Crippen LogP contribution in [-0.2, 0) is 32.7 Å². The summed E-state index contributed by atoms with van der Waals surface area (Å²) in [5, 5.41) is 28.4. The second-order valence-corrected chi connectivity index (χ2v) is 11.3. The van der Waals surface area contributed by atoms with Gasteiger partial charge in [0.1, 0.15) is 12.7 Å². The van der Waals surface area contributed by atoms with Gasteiger partial charge in [0, 0.05) is 12.8 Å². The summed E-state index contributed by atoms with van der Waals surface area (Å²) in [4.78, 5) is 34.3. The molecule has 1 unspecified atom stereocenters. The van der Waals surface area contributed by atoms with Crippen LogP contribution in [0.2, 0.25) is 0 Å². The van der Waals surface area contributed by atoms with Crippen molar-refractivity contribution in [3.63, 3.8) is 0 Å². The summed E-state index contributed by atoms with van der Waals surface area (Å²) in [7, 11) is -4.89. The van der Waals surface area contributed by atoms with E-state index in [4.69, 9.17) is 14.6 Å². The van der Waals surface area contributed by atoms with Crippen molar-refractivity contribution >= 4 is 19.8 Å². The van der Waals surface area contributed by atoms with Crippen molar-refractivity contribution in [2.24, 2.45) is 0 Å². The molecule has 0 bridgehead atoms. The van der Waals surface area contributed by atoms with Crippen molar-refractivity contribution in [3.8, 4) is 0 Å². The largest absolute Gasteiger partial charge is 0.474 e. The fourth-order valence-corrected chi connectivity index (χ4v) is 4.58. The molecule has 0 aromatic carbocycles.